The number of nitrogens with one attached hydrogen (secondary N) is 1. The molecule has 0 heterocycles. The molecule has 0 aliphatic rings. The average Bonchev–Trinajstić information content (AvgIpc) is 2.54. The van der Waals surface area contributed by atoms with Crippen molar-refractivity contribution in [3.63, 3.8) is 0 Å². The molecule has 0 bridgehead atoms. The van der Waals surface area contributed by atoms with Crippen molar-refractivity contribution in [2.45, 2.75) is 25.6 Å². The van der Waals surface area contributed by atoms with Crippen LogP contribution in [-0.4, -0.2) is 27.4 Å². The average molecular weight is 359 g/mol. The summed E-state index contributed by atoms with van der Waals surface area (Å²) in [4.78, 5) is 24.1. The number of carboxylic acid groups (broad SMARTS) is 1. The highest BCUT2D eigenvalue weighted by atomic mass is 32.2. The molecule has 5 nitrogen and oxygen atoms in total. The van der Waals surface area contributed by atoms with Gasteiger partial charge in [0.25, 0.3) is 5.91 Å². The number of carboxylic acids is 1. The van der Waals surface area contributed by atoms with Crippen LogP contribution in [0.25, 0.3) is 0 Å². The second kappa shape index (κ2) is 8.07. The summed E-state index contributed by atoms with van der Waals surface area (Å²) in [6, 6.07) is 10.9. The van der Waals surface area contributed by atoms with Crippen LogP contribution in [0.15, 0.2) is 42.5 Å². The molecule has 0 aliphatic heterocycles. The molecule has 0 spiro atoms. The summed E-state index contributed by atoms with van der Waals surface area (Å²) in [5, 5.41) is 12.1. The van der Waals surface area contributed by atoms with Gasteiger partial charge in [0.1, 0.15) is 0 Å². The van der Waals surface area contributed by atoms with E-state index in [9.17, 15) is 18.9 Å². The molecule has 0 radical (unpaired) electrons. The lowest BCUT2D eigenvalue weighted by Gasteiger charge is -2.16. The summed E-state index contributed by atoms with van der Waals surface area (Å²) in [6.45, 7) is 3.84. The van der Waals surface area contributed by atoms with E-state index in [1.807, 2.05) is 19.9 Å². The minimum absolute atomic E-state index is 0.345. The number of aliphatic carboxylic acids is 1. The van der Waals surface area contributed by atoms with Crippen LogP contribution in [0.2, 0.25) is 0 Å². The zero-order valence-corrected chi connectivity index (χ0v) is 15.2. The smallest absolute Gasteiger partial charge is 0.330 e. The highest BCUT2D eigenvalue weighted by Crippen LogP contribution is 2.18. The molecule has 0 aliphatic carbocycles. The molecule has 2 aromatic rings. The van der Waals surface area contributed by atoms with Gasteiger partial charge >= 0.3 is 5.97 Å². The van der Waals surface area contributed by atoms with Gasteiger partial charge in [-0.2, -0.15) is 0 Å². The number of hydrogen-bond donors (Lipinski definition) is 2. The van der Waals surface area contributed by atoms with Gasteiger partial charge in [0, 0.05) is 28.4 Å². The molecule has 2 atom stereocenters. The second-order valence-corrected chi connectivity index (χ2v) is 7.44. The molecular weight excluding hydrogens is 338 g/mol. The van der Waals surface area contributed by atoms with E-state index in [4.69, 9.17) is 0 Å². The van der Waals surface area contributed by atoms with Crippen molar-refractivity contribution in [3.05, 3.63) is 70.3 Å². The normalized spacial score (nSPS) is 13.1. The van der Waals surface area contributed by atoms with Gasteiger partial charge in [-0.3, -0.25) is 9.00 Å². The van der Waals surface area contributed by atoms with Crippen LogP contribution < -0.4 is 5.32 Å². The maximum atomic E-state index is 12.5. The van der Waals surface area contributed by atoms with E-state index in [-0.39, 0.29) is 0 Å². The Labute approximate surface area is 149 Å². The summed E-state index contributed by atoms with van der Waals surface area (Å²) >= 11 is 0. The number of amides is 1. The van der Waals surface area contributed by atoms with Crippen LogP contribution >= 0.6 is 0 Å². The van der Waals surface area contributed by atoms with Gasteiger partial charge in [-0.25, -0.2) is 4.79 Å². The maximum Gasteiger partial charge on any atom is 0.330 e. The van der Waals surface area contributed by atoms with E-state index in [0.29, 0.717) is 16.9 Å². The molecule has 0 saturated carbocycles. The number of hydrogen-bond acceptors (Lipinski definition) is 3. The highest BCUT2D eigenvalue weighted by molar-refractivity contribution is 7.83. The van der Waals surface area contributed by atoms with Crippen LogP contribution in [0.1, 0.15) is 38.7 Å². The summed E-state index contributed by atoms with van der Waals surface area (Å²) in [6.07, 6.45) is 1.59. The van der Waals surface area contributed by atoms with Crippen LogP contribution in [0, 0.1) is 13.8 Å². The van der Waals surface area contributed by atoms with Gasteiger partial charge < -0.3 is 10.4 Å². The largest absolute Gasteiger partial charge is 0.479 e. The van der Waals surface area contributed by atoms with Crippen molar-refractivity contribution in [1.29, 1.82) is 0 Å². The Morgan fingerprint density at radius 3 is 2.44 bits per heavy atom. The van der Waals surface area contributed by atoms with Gasteiger partial charge in [-0.15, -0.1) is 0 Å². The third-order valence-electron chi connectivity index (χ3n) is 3.95. The molecule has 0 saturated heterocycles. The van der Waals surface area contributed by atoms with Crippen molar-refractivity contribution in [3.8, 4) is 0 Å². The first-order valence-corrected chi connectivity index (χ1v) is 9.50. The molecule has 132 valence electrons. The fourth-order valence-electron chi connectivity index (χ4n) is 2.48. The first-order chi connectivity index (χ1) is 11.8. The zero-order valence-electron chi connectivity index (χ0n) is 14.4. The molecular formula is C19H21NO4S. The topological polar surface area (TPSA) is 83.5 Å². The van der Waals surface area contributed by atoms with E-state index in [2.05, 4.69) is 5.32 Å². The molecule has 1 amide bonds. The minimum Gasteiger partial charge on any atom is -0.479 e. The van der Waals surface area contributed by atoms with Crippen LogP contribution in [0.3, 0.4) is 0 Å². The lowest BCUT2D eigenvalue weighted by molar-refractivity contribution is -0.139. The molecule has 0 aromatic heterocycles. The Balaban J connectivity index is 2.24. The van der Waals surface area contributed by atoms with Crippen LogP contribution in [-0.2, 0) is 21.3 Å². The Hall–Kier alpha value is -2.47. The standard InChI is InChI=1S/C19H21NO4S/c1-12-7-8-15(9-13(12)2)17(19(22)23)20-18(21)16-6-4-5-14(10-16)11-25(3)24/h4-10,17H,11H2,1-3H3,(H,20,21)(H,22,23). The van der Waals surface area contributed by atoms with Crippen molar-refractivity contribution in [2.75, 3.05) is 6.26 Å². The number of benzene rings is 2. The summed E-state index contributed by atoms with van der Waals surface area (Å²) < 4.78 is 11.3. The van der Waals surface area contributed by atoms with Gasteiger partial charge in [0.15, 0.2) is 6.04 Å². The van der Waals surface area contributed by atoms with E-state index in [1.54, 1.807) is 42.7 Å². The monoisotopic (exact) mass is 359 g/mol. The fraction of sp³-hybridized carbons (Fsp3) is 0.263. The molecule has 6 heteroatoms. The number of rotatable bonds is 6. The van der Waals surface area contributed by atoms with E-state index < -0.39 is 28.7 Å². The number of carbonyl (C=O) groups excluding carboxylic acids is 1. The summed E-state index contributed by atoms with van der Waals surface area (Å²) in [5.41, 5.74) is 3.66. The Bertz CT molecular complexity index is 832. The predicted molar refractivity (Wildman–Crippen MR) is 98.0 cm³/mol. The van der Waals surface area contributed by atoms with Crippen molar-refractivity contribution in [2.24, 2.45) is 0 Å². The van der Waals surface area contributed by atoms with Crippen molar-refractivity contribution in [1.82, 2.24) is 5.32 Å². The fourth-order valence-corrected chi connectivity index (χ4v) is 3.13. The lowest BCUT2D eigenvalue weighted by Crippen LogP contribution is -2.33. The summed E-state index contributed by atoms with van der Waals surface area (Å²) in [5.74, 6) is -1.25. The molecule has 2 N–H and O–H groups in total. The predicted octanol–water partition coefficient (Wildman–Crippen LogP) is 2.74. The maximum absolute atomic E-state index is 12.5. The Morgan fingerprint density at radius 2 is 1.84 bits per heavy atom. The Morgan fingerprint density at radius 1 is 1.12 bits per heavy atom. The molecule has 25 heavy (non-hydrogen) atoms. The highest BCUT2D eigenvalue weighted by Gasteiger charge is 2.23. The SMILES string of the molecule is Cc1ccc(C(NC(=O)c2cccc(CS(C)=O)c2)C(=O)O)cc1C. The third-order valence-corrected chi connectivity index (χ3v) is 4.69. The lowest BCUT2D eigenvalue weighted by atomic mass is 10.0. The van der Waals surface area contributed by atoms with E-state index in [0.717, 1.165) is 16.7 Å². The summed E-state index contributed by atoms with van der Waals surface area (Å²) in [7, 11) is -1.02. The van der Waals surface area contributed by atoms with E-state index in [1.165, 1.54) is 0 Å². The van der Waals surface area contributed by atoms with Crippen LogP contribution in [0.4, 0.5) is 0 Å². The first kappa shape index (κ1) is 18.9. The number of carbonyl (C=O) groups is 2. The van der Waals surface area contributed by atoms with Crippen molar-refractivity contribution >= 4 is 22.7 Å². The minimum atomic E-state index is -1.13. The number of aryl methyl sites for hydroxylation is 2. The quantitative estimate of drug-likeness (QED) is 0.831. The van der Waals surface area contributed by atoms with Gasteiger partial charge in [-0.05, 0) is 48.2 Å². The van der Waals surface area contributed by atoms with Gasteiger partial charge in [0.05, 0.1) is 0 Å². The first-order valence-electron chi connectivity index (χ1n) is 7.77. The van der Waals surface area contributed by atoms with Crippen LogP contribution in [0.5, 0.6) is 0 Å². The van der Waals surface area contributed by atoms with Crippen molar-refractivity contribution < 1.29 is 18.9 Å². The molecule has 2 unspecified atom stereocenters. The third kappa shape index (κ3) is 5.00. The van der Waals surface area contributed by atoms with E-state index >= 15 is 0 Å². The molecule has 0 fully saturated rings. The molecule has 2 rings (SSSR count). The van der Waals surface area contributed by atoms with Gasteiger partial charge in [0.2, 0.25) is 0 Å². The zero-order chi connectivity index (χ0) is 18.6. The second-order valence-electron chi connectivity index (χ2n) is 6.01. The molecule has 2 aromatic carbocycles. The Kier molecular flexibility index (Phi) is 6.09. The van der Waals surface area contributed by atoms with Gasteiger partial charge in [-0.1, -0.05) is 30.3 Å².